The molecule has 0 spiro atoms. The van der Waals surface area contributed by atoms with Crippen molar-refractivity contribution in [2.24, 2.45) is 0 Å². The molecule has 54 valence electrons. The molecule has 0 aromatic heterocycles. The van der Waals surface area contributed by atoms with Crippen LogP contribution in [0, 0.1) is 0 Å². The minimum absolute atomic E-state index is 0.620. The Labute approximate surface area is 77.7 Å². The molecule has 1 nitrogen and oxygen atoms in total. The maximum absolute atomic E-state index is 5.68. The second kappa shape index (κ2) is 3.46. The van der Waals surface area contributed by atoms with E-state index in [1.165, 1.54) is 0 Å². The number of anilines is 1. The first-order chi connectivity index (χ1) is 4.72. The molecule has 0 aliphatic heterocycles. The Morgan fingerprint density at radius 2 is 1.60 bits per heavy atom. The van der Waals surface area contributed by atoms with E-state index in [0.717, 1.165) is 5.69 Å². The molecule has 0 unspecified atom stereocenters. The zero-order chi connectivity index (χ0) is 7.56. The van der Waals surface area contributed by atoms with E-state index < -0.39 is 0 Å². The lowest BCUT2D eigenvalue weighted by Gasteiger charge is -1.98. The van der Waals surface area contributed by atoms with E-state index in [9.17, 15) is 0 Å². The first kappa shape index (κ1) is 8.18. The quantitative estimate of drug-likeness (QED) is 0.738. The van der Waals surface area contributed by atoms with E-state index in [2.05, 4.69) is 20.5 Å². The van der Waals surface area contributed by atoms with Gasteiger partial charge in [0.15, 0.2) is 0 Å². The number of hydrogen-bond acceptors (Lipinski definition) is 1. The smallest absolute Gasteiger partial charge is 0.0470 e. The fraction of sp³-hybridized carbons (Fsp3) is 0. The van der Waals surface area contributed by atoms with Crippen LogP contribution in [-0.4, -0.2) is 0 Å². The molecule has 0 amide bonds. The van der Waals surface area contributed by atoms with Crippen molar-refractivity contribution in [2.75, 3.05) is 4.34 Å². The molecule has 10 heavy (non-hydrogen) atoms. The maximum Gasteiger partial charge on any atom is 0.0470 e. The van der Waals surface area contributed by atoms with Crippen LogP contribution in [0.4, 0.5) is 5.69 Å². The maximum atomic E-state index is 5.68. The van der Waals surface area contributed by atoms with Gasteiger partial charge < -0.3 is 4.34 Å². The van der Waals surface area contributed by atoms with E-state index >= 15 is 0 Å². The summed E-state index contributed by atoms with van der Waals surface area (Å²) in [7, 11) is 0. The summed E-state index contributed by atoms with van der Waals surface area (Å²) in [6.45, 7) is 0. The molecule has 0 bridgehead atoms. The van der Waals surface area contributed by atoms with Crippen LogP contribution >= 0.6 is 39.3 Å². The number of rotatable bonds is 1. The molecular formula is C6H4BrCl2N. The standard InChI is InChI=1S/C6H4BrCl2N/c7-10-6-2-4(8)1-5(9)3-6/h1-3,10H. The van der Waals surface area contributed by atoms with Crippen LogP contribution in [0.1, 0.15) is 0 Å². The fourth-order valence-electron chi connectivity index (χ4n) is 0.608. The third-order valence-corrected chi connectivity index (χ3v) is 1.87. The van der Waals surface area contributed by atoms with Gasteiger partial charge in [0.05, 0.1) is 0 Å². The van der Waals surface area contributed by atoms with Crippen molar-refractivity contribution >= 4 is 45.0 Å². The lowest BCUT2D eigenvalue weighted by atomic mass is 10.3. The van der Waals surface area contributed by atoms with E-state index in [-0.39, 0.29) is 0 Å². The summed E-state index contributed by atoms with van der Waals surface area (Å²) >= 11 is 14.4. The van der Waals surface area contributed by atoms with Crippen molar-refractivity contribution in [3.8, 4) is 0 Å². The third kappa shape index (κ3) is 2.04. The molecule has 0 saturated carbocycles. The predicted octanol–water partition coefficient (Wildman–Crippen LogP) is 3.72. The van der Waals surface area contributed by atoms with Gasteiger partial charge >= 0.3 is 0 Å². The molecule has 4 heteroatoms. The Kier molecular flexibility index (Phi) is 2.83. The number of hydrogen-bond donors (Lipinski definition) is 1. The van der Waals surface area contributed by atoms with Crippen molar-refractivity contribution < 1.29 is 0 Å². The van der Waals surface area contributed by atoms with Gasteiger partial charge in [0.2, 0.25) is 0 Å². The van der Waals surface area contributed by atoms with Gasteiger partial charge in [-0.25, -0.2) is 0 Å². The third-order valence-electron chi connectivity index (χ3n) is 0.972. The predicted molar refractivity (Wildman–Crippen MR) is 49.0 cm³/mol. The first-order valence-electron chi connectivity index (χ1n) is 2.55. The first-order valence-corrected chi connectivity index (χ1v) is 4.10. The van der Waals surface area contributed by atoms with Crippen molar-refractivity contribution in [1.82, 2.24) is 0 Å². The minimum atomic E-state index is 0.620. The summed E-state index contributed by atoms with van der Waals surface area (Å²) in [6.07, 6.45) is 0. The Morgan fingerprint density at radius 1 is 1.10 bits per heavy atom. The summed E-state index contributed by atoms with van der Waals surface area (Å²) < 4.78 is 2.75. The molecule has 1 rings (SSSR count). The Bertz CT molecular complexity index is 219. The average molecular weight is 241 g/mol. The highest BCUT2D eigenvalue weighted by Gasteiger charge is 1.94. The highest BCUT2D eigenvalue weighted by molar-refractivity contribution is 9.10. The number of nitrogens with one attached hydrogen (secondary N) is 1. The lowest BCUT2D eigenvalue weighted by molar-refractivity contribution is 1.69. The van der Waals surface area contributed by atoms with Gasteiger partial charge in [-0.1, -0.05) is 23.2 Å². The van der Waals surface area contributed by atoms with Crippen molar-refractivity contribution in [3.05, 3.63) is 28.2 Å². The van der Waals surface area contributed by atoms with Gasteiger partial charge in [0.25, 0.3) is 0 Å². The van der Waals surface area contributed by atoms with Gasteiger partial charge in [-0.05, 0) is 18.2 Å². The second-order valence-electron chi connectivity index (χ2n) is 1.75. The Balaban J connectivity index is 3.06. The SMILES string of the molecule is Clc1cc(Cl)cc(NBr)c1. The molecule has 0 aliphatic carbocycles. The number of halogens is 3. The van der Waals surface area contributed by atoms with Crippen LogP contribution in [0.3, 0.4) is 0 Å². The van der Waals surface area contributed by atoms with Crippen LogP contribution in [0.25, 0.3) is 0 Å². The summed E-state index contributed by atoms with van der Waals surface area (Å²) in [4.78, 5) is 0. The Hall–Kier alpha value is 0.0800. The van der Waals surface area contributed by atoms with Crippen LogP contribution in [0.5, 0.6) is 0 Å². The molecule has 1 N–H and O–H groups in total. The van der Waals surface area contributed by atoms with Crippen molar-refractivity contribution in [2.45, 2.75) is 0 Å². The summed E-state index contributed by atoms with van der Waals surface area (Å²) in [5, 5.41) is 1.24. The minimum Gasteiger partial charge on any atom is -0.322 e. The molecule has 0 radical (unpaired) electrons. The summed E-state index contributed by atoms with van der Waals surface area (Å²) in [5.74, 6) is 0. The number of benzene rings is 1. The van der Waals surface area contributed by atoms with Gasteiger partial charge in [0.1, 0.15) is 0 Å². The Morgan fingerprint density at radius 3 is 2.00 bits per heavy atom. The molecule has 0 atom stereocenters. The van der Waals surface area contributed by atoms with Crippen molar-refractivity contribution in [1.29, 1.82) is 0 Å². The van der Waals surface area contributed by atoms with E-state index in [1.807, 2.05) is 0 Å². The van der Waals surface area contributed by atoms with Crippen LogP contribution < -0.4 is 4.34 Å². The summed E-state index contributed by atoms with van der Waals surface area (Å²) in [5.41, 5.74) is 0.845. The average Bonchev–Trinajstić information content (AvgIpc) is 1.85. The van der Waals surface area contributed by atoms with Crippen LogP contribution in [0.15, 0.2) is 18.2 Å². The van der Waals surface area contributed by atoms with Gasteiger partial charge in [0, 0.05) is 31.9 Å². The molecule has 1 aromatic carbocycles. The van der Waals surface area contributed by atoms with Gasteiger partial charge in [-0.2, -0.15) is 0 Å². The second-order valence-corrected chi connectivity index (χ2v) is 3.02. The zero-order valence-electron chi connectivity index (χ0n) is 4.87. The molecule has 0 aliphatic rings. The van der Waals surface area contributed by atoms with E-state index in [0.29, 0.717) is 10.0 Å². The lowest BCUT2D eigenvalue weighted by Crippen LogP contribution is -1.78. The zero-order valence-corrected chi connectivity index (χ0v) is 7.96. The molecule has 0 fully saturated rings. The topological polar surface area (TPSA) is 12.0 Å². The monoisotopic (exact) mass is 239 g/mol. The van der Waals surface area contributed by atoms with Crippen molar-refractivity contribution in [3.63, 3.8) is 0 Å². The van der Waals surface area contributed by atoms with E-state index in [4.69, 9.17) is 23.2 Å². The molecule has 0 heterocycles. The molecular weight excluding hydrogens is 237 g/mol. The van der Waals surface area contributed by atoms with E-state index in [1.54, 1.807) is 18.2 Å². The fourth-order valence-corrected chi connectivity index (χ4v) is 1.36. The molecule has 0 saturated heterocycles. The van der Waals surface area contributed by atoms with Crippen LogP contribution in [-0.2, 0) is 0 Å². The normalized spacial score (nSPS) is 9.50. The van der Waals surface area contributed by atoms with Gasteiger partial charge in [-0.15, -0.1) is 0 Å². The summed E-state index contributed by atoms with van der Waals surface area (Å²) in [6, 6.07) is 5.21. The molecule has 1 aromatic rings. The highest BCUT2D eigenvalue weighted by Crippen LogP contribution is 2.22. The largest absolute Gasteiger partial charge is 0.322 e. The van der Waals surface area contributed by atoms with Gasteiger partial charge in [-0.3, -0.25) is 0 Å². The highest BCUT2D eigenvalue weighted by atomic mass is 79.9. The van der Waals surface area contributed by atoms with Crippen LogP contribution in [0.2, 0.25) is 10.0 Å².